The number of carbonyl (C=O) groups is 2. The van der Waals surface area contributed by atoms with Crippen molar-refractivity contribution < 1.29 is 32.2 Å². The van der Waals surface area contributed by atoms with E-state index in [1.165, 1.54) is 4.90 Å². The fourth-order valence-corrected chi connectivity index (χ4v) is 4.61. The van der Waals surface area contributed by atoms with Crippen LogP contribution in [0.5, 0.6) is 11.5 Å². The summed E-state index contributed by atoms with van der Waals surface area (Å²) in [6.07, 6.45) is 0.425. The number of ether oxygens (including phenoxy) is 3. The Morgan fingerprint density at radius 3 is 2.41 bits per heavy atom. The predicted octanol–water partition coefficient (Wildman–Crippen LogP) is 1.04. The van der Waals surface area contributed by atoms with Gasteiger partial charge in [-0.05, 0) is 37.6 Å². The van der Waals surface area contributed by atoms with Crippen molar-refractivity contribution in [1.29, 1.82) is 0 Å². The minimum atomic E-state index is -3.08. The van der Waals surface area contributed by atoms with E-state index in [-0.39, 0.29) is 36.5 Å². The number of hydrogen-bond acceptors (Lipinski definition) is 7. The van der Waals surface area contributed by atoms with Crippen molar-refractivity contribution in [3.63, 3.8) is 0 Å². The molecule has 0 spiro atoms. The number of carbonyl (C=O) groups excluding carboxylic acids is 2. The summed E-state index contributed by atoms with van der Waals surface area (Å²) in [5.41, 5.74) is 0. The van der Waals surface area contributed by atoms with Crippen LogP contribution in [0.4, 0.5) is 0 Å². The van der Waals surface area contributed by atoms with Crippen LogP contribution in [0.25, 0.3) is 0 Å². The molecule has 2 rings (SSSR count). The van der Waals surface area contributed by atoms with Crippen molar-refractivity contribution in [1.82, 2.24) is 4.90 Å². The largest absolute Gasteiger partial charge is 0.497 e. The maximum absolute atomic E-state index is 12.2. The molecule has 1 atom stereocenters. The first-order valence-corrected chi connectivity index (χ1v) is 10.6. The number of benzene rings is 1. The van der Waals surface area contributed by atoms with Crippen molar-refractivity contribution in [3.8, 4) is 11.5 Å². The molecular formula is C18H25NO7S. The molecule has 1 saturated heterocycles. The van der Waals surface area contributed by atoms with Gasteiger partial charge in [0.25, 0.3) is 5.91 Å². The van der Waals surface area contributed by atoms with Crippen molar-refractivity contribution in [2.24, 2.45) is 0 Å². The van der Waals surface area contributed by atoms with Crippen LogP contribution < -0.4 is 9.47 Å². The van der Waals surface area contributed by atoms with Crippen LogP contribution in [0.1, 0.15) is 19.8 Å². The van der Waals surface area contributed by atoms with E-state index in [2.05, 4.69) is 0 Å². The van der Waals surface area contributed by atoms with E-state index in [0.717, 1.165) is 0 Å². The average Bonchev–Trinajstić information content (AvgIpc) is 3.00. The summed E-state index contributed by atoms with van der Waals surface area (Å²) < 4.78 is 38.6. The SMILES string of the molecule is CCN(C(=O)COC(=O)CCOc1ccc(OC)cc1)C1CCS(=O)(=O)C1. The van der Waals surface area contributed by atoms with Crippen LogP contribution in [0.3, 0.4) is 0 Å². The molecule has 1 amide bonds. The highest BCUT2D eigenvalue weighted by atomic mass is 32.2. The van der Waals surface area contributed by atoms with Crippen molar-refractivity contribution in [2.45, 2.75) is 25.8 Å². The number of sulfone groups is 1. The van der Waals surface area contributed by atoms with Gasteiger partial charge < -0.3 is 19.1 Å². The van der Waals surface area contributed by atoms with Crippen molar-refractivity contribution in [3.05, 3.63) is 24.3 Å². The van der Waals surface area contributed by atoms with Crippen LogP contribution in [0, 0.1) is 0 Å². The summed E-state index contributed by atoms with van der Waals surface area (Å²) in [5.74, 6) is 0.422. The molecule has 0 N–H and O–H groups in total. The maximum Gasteiger partial charge on any atom is 0.309 e. The Labute approximate surface area is 159 Å². The summed E-state index contributed by atoms with van der Waals surface area (Å²) in [4.78, 5) is 25.5. The van der Waals surface area contributed by atoms with E-state index >= 15 is 0 Å². The number of methoxy groups -OCH3 is 1. The fraction of sp³-hybridized carbons (Fsp3) is 0.556. The Morgan fingerprint density at radius 1 is 1.19 bits per heavy atom. The van der Waals surface area contributed by atoms with Gasteiger partial charge in [0, 0.05) is 12.6 Å². The zero-order valence-corrected chi connectivity index (χ0v) is 16.4. The molecule has 0 aliphatic carbocycles. The lowest BCUT2D eigenvalue weighted by atomic mass is 10.2. The van der Waals surface area contributed by atoms with Gasteiger partial charge in [-0.3, -0.25) is 9.59 Å². The number of nitrogens with zero attached hydrogens (tertiary/aromatic N) is 1. The van der Waals surface area contributed by atoms with Gasteiger partial charge >= 0.3 is 5.97 Å². The molecule has 0 radical (unpaired) electrons. The fourth-order valence-electron chi connectivity index (χ4n) is 2.88. The number of amides is 1. The van der Waals surface area contributed by atoms with E-state index in [1.54, 1.807) is 38.3 Å². The van der Waals surface area contributed by atoms with Crippen molar-refractivity contribution >= 4 is 21.7 Å². The van der Waals surface area contributed by atoms with Crippen LogP contribution in [0.2, 0.25) is 0 Å². The summed E-state index contributed by atoms with van der Waals surface area (Å²) in [6, 6.07) is 6.60. The molecule has 150 valence electrons. The van der Waals surface area contributed by atoms with E-state index in [9.17, 15) is 18.0 Å². The Hall–Kier alpha value is -2.29. The van der Waals surface area contributed by atoms with Crippen LogP contribution >= 0.6 is 0 Å². The van der Waals surface area contributed by atoms with Gasteiger partial charge in [-0.1, -0.05) is 0 Å². The number of esters is 1. The molecule has 1 unspecified atom stereocenters. The summed E-state index contributed by atoms with van der Waals surface area (Å²) in [7, 11) is -1.52. The van der Waals surface area contributed by atoms with Gasteiger partial charge in [-0.15, -0.1) is 0 Å². The van der Waals surface area contributed by atoms with Gasteiger partial charge in [-0.2, -0.15) is 0 Å². The topological polar surface area (TPSA) is 99.2 Å². The second-order valence-electron chi connectivity index (χ2n) is 6.17. The highest BCUT2D eigenvalue weighted by Crippen LogP contribution is 2.18. The second-order valence-corrected chi connectivity index (χ2v) is 8.40. The average molecular weight is 399 g/mol. The van der Waals surface area contributed by atoms with Gasteiger partial charge in [0.1, 0.15) is 11.5 Å². The molecule has 9 heteroatoms. The quantitative estimate of drug-likeness (QED) is 0.572. The smallest absolute Gasteiger partial charge is 0.309 e. The van der Waals surface area contributed by atoms with Gasteiger partial charge in [0.15, 0.2) is 16.4 Å². The molecule has 27 heavy (non-hydrogen) atoms. The molecule has 1 fully saturated rings. The van der Waals surface area contributed by atoms with Crippen LogP contribution in [0.15, 0.2) is 24.3 Å². The third kappa shape index (κ3) is 6.42. The second kappa shape index (κ2) is 9.59. The maximum atomic E-state index is 12.2. The van der Waals surface area contributed by atoms with Crippen LogP contribution in [-0.4, -0.2) is 69.6 Å². The molecule has 0 saturated carbocycles. The zero-order valence-electron chi connectivity index (χ0n) is 15.5. The molecular weight excluding hydrogens is 374 g/mol. The summed E-state index contributed by atoms with van der Waals surface area (Å²) >= 11 is 0. The number of hydrogen-bond donors (Lipinski definition) is 0. The Kier molecular flexibility index (Phi) is 7.46. The monoisotopic (exact) mass is 399 g/mol. The first kappa shape index (κ1) is 21.0. The molecule has 1 heterocycles. The highest BCUT2D eigenvalue weighted by Gasteiger charge is 2.34. The normalized spacial score (nSPS) is 17.9. The van der Waals surface area contributed by atoms with Gasteiger partial charge in [0.05, 0.1) is 31.6 Å². The third-order valence-electron chi connectivity index (χ3n) is 4.30. The first-order valence-electron chi connectivity index (χ1n) is 8.77. The lowest BCUT2D eigenvalue weighted by Gasteiger charge is -2.26. The molecule has 1 aliphatic rings. The highest BCUT2D eigenvalue weighted by molar-refractivity contribution is 7.91. The van der Waals surface area contributed by atoms with E-state index < -0.39 is 22.4 Å². The Bertz CT molecular complexity index is 745. The van der Waals surface area contributed by atoms with Crippen molar-refractivity contribution in [2.75, 3.05) is 38.4 Å². The Morgan fingerprint density at radius 2 is 1.85 bits per heavy atom. The standard InChI is InChI=1S/C18H25NO7S/c1-3-19(14-9-11-27(22,23)13-14)17(20)12-26-18(21)8-10-25-16-6-4-15(24-2)5-7-16/h4-7,14H,3,8-13H2,1-2H3. The summed E-state index contributed by atoms with van der Waals surface area (Å²) in [6.45, 7) is 1.87. The molecule has 1 aromatic carbocycles. The molecule has 0 aromatic heterocycles. The molecule has 0 bridgehead atoms. The van der Waals surface area contributed by atoms with E-state index in [0.29, 0.717) is 24.5 Å². The molecule has 1 aromatic rings. The third-order valence-corrected chi connectivity index (χ3v) is 6.05. The van der Waals surface area contributed by atoms with E-state index in [4.69, 9.17) is 14.2 Å². The lowest BCUT2D eigenvalue weighted by molar-refractivity contribution is -0.153. The summed E-state index contributed by atoms with van der Waals surface area (Å²) in [5, 5.41) is 0. The minimum absolute atomic E-state index is 0.00322. The predicted molar refractivity (Wildman–Crippen MR) is 98.5 cm³/mol. The first-order chi connectivity index (χ1) is 12.8. The van der Waals surface area contributed by atoms with E-state index in [1.807, 2.05) is 0 Å². The number of likely N-dealkylation sites (N-methyl/N-ethyl adjacent to an activating group) is 1. The zero-order chi connectivity index (χ0) is 19.9. The number of rotatable bonds is 9. The Balaban J connectivity index is 1.71. The van der Waals surface area contributed by atoms with Gasteiger partial charge in [0.2, 0.25) is 0 Å². The van der Waals surface area contributed by atoms with Crippen LogP contribution in [-0.2, 0) is 24.2 Å². The van der Waals surface area contributed by atoms with Gasteiger partial charge in [-0.25, -0.2) is 8.42 Å². The molecule has 1 aliphatic heterocycles. The lowest BCUT2D eigenvalue weighted by Crippen LogP contribution is -2.43. The minimum Gasteiger partial charge on any atom is -0.497 e. The molecule has 8 nitrogen and oxygen atoms in total.